The molecule has 5 heterocycles. The van der Waals surface area contributed by atoms with E-state index in [0.29, 0.717) is 23.5 Å². The number of piperidine rings is 2. The largest absolute Gasteiger partial charge is 0.334 e. The highest BCUT2D eigenvalue weighted by Crippen LogP contribution is 2.28. The van der Waals surface area contributed by atoms with Crippen LogP contribution in [0.2, 0.25) is 0 Å². The second kappa shape index (κ2) is 7.07. The molecule has 3 fully saturated rings. The van der Waals surface area contributed by atoms with Crippen LogP contribution in [0.5, 0.6) is 0 Å². The summed E-state index contributed by atoms with van der Waals surface area (Å²) in [6.45, 7) is 1.73. The quantitative estimate of drug-likeness (QED) is 0.707. The van der Waals surface area contributed by atoms with Gasteiger partial charge in [-0.3, -0.25) is 4.79 Å². The van der Waals surface area contributed by atoms with Gasteiger partial charge in [-0.1, -0.05) is 18.2 Å². The molecule has 3 aliphatic heterocycles. The topological polar surface area (TPSA) is 74.6 Å². The van der Waals surface area contributed by atoms with Crippen molar-refractivity contribution in [3.63, 3.8) is 0 Å². The molecule has 1 aromatic carbocycles. The van der Waals surface area contributed by atoms with E-state index in [0.717, 1.165) is 25.9 Å². The van der Waals surface area contributed by atoms with E-state index in [1.807, 2.05) is 0 Å². The Hall–Kier alpha value is -3.07. The fourth-order valence-electron chi connectivity index (χ4n) is 4.14. The molecule has 9 heteroatoms. The summed E-state index contributed by atoms with van der Waals surface area (Å²) in [4.78, 5) is 19.5. The van der Waals surface area contributed by atoms with Gasteiger partial charge in [0, 0.05) is 36.4 Å². The zero-order valence-electron chi connectivity index (χ0n) is 15.6. The Labute approximate surface area is 165 Å². The van der Waals surface area contributed by atoms with E-state index in [1.54, 1.807) is 24.4 Å². The Balaban J connectivity index is 1.45. The normalized spacial score (nSPS) is 21.1. The molecule has 0 saturated carbocycles. The van der Waals surface area contributed by atoms with Crippen LogP contribution in [0.25, 0.3) is 5.52 Å². The molecule has 3 saturated heterocycles. The van der Waals surface area contributed by atoms with E-state index in [-0.39, 0.29) is 16.9 Å². The summed E-state index contributed by atoms with van der Waals surface area (Å²) in [6, 6.07) is 10.0. The molecule has 7 nitrogen and oxygen atoms in total. The van der Waals surface area contributed by atoms with Crippen molar-refractivity contribution in [2.45, 2.75) is 31.4 Å². The van der Waals surface area contributed by atoms with Crippen LogP contribution < -0.4 is 15.5 Å². The van der Waals surface area contributed by atoms with Gasteiger partial charge in [0.05, 0.1) is 11.7 Å². The number of carbonyl (C=O) groups excluding carboxylic acids is 1. The van der Waals surface area contributed by atoms with Crippen LogP contribution in [0.4, 0.5) is 20.4 Å². The Kier molecular flexibility index (Phi) is 4.39. The van der Waals surface area contributed by atoms with Crippen molar-refractivity contribution >= 4 is 23.1 Å². The lowest BCUT2D eigenvalue weighted by Gasteiger charge is -2.45. The van der Waals surface area contributed by atoms with E-state index in [2.05, 4.69) is 25.6 Å². The van der Waals surface area contributed by atoms with Crippen LogP contribution in [-0.4, -0.2) is 45.7 Å². The Morgan fingerprint density at radius 2 is 2.07 bits per heavy atom. The zero-order valence-corrected chi connectivity index (χ0v) is 15.6. The number of fused-ring (bicyclic) bond motifs is 4. The number of rotatable bonds is 4. The number of nitrogens with zero attached hydrogens (tertiary/aromatic N) is 4. The minimum absolute atomic E-state index is 0.0937. The van der Waals surface area contributed by atoms with Gasteiger partial charge in [0.1, 0.15) is 5.69 Å². The van der Waals surface area contributed by atoms with Crippen molar-refractivity contribution in [1.82, 2.24) is 19.9 Å². The molecule has 2 bridgehead atoms. The smallest absolute Gasteiger partial charge is 0.274 e. The first-order valence-electron chi connectivity index (χ1n) is 9.63. The third-order valence-corrected chi connectivity index (χ3v) is 5.67. The summed E-state index contributed by atoms with van der Waals surface area (Å²) in [5.41, 5.74) is 0.819. The van der Waals surface area contributed by atoms with Crippen molar-refractivity contribution in [2.75, 3.05) is 23.3 Å². The molecule has 3 aliphatic rings. The first-order chi connectivity index (χ1) is 14.1. The maximum absolute atomic E-state index is 13.2. The number of benzene rings is 1. The van der Waals surface area contributed by atoms with Crippen LogP contribution in [0, 0.1) is 0 Å². The third-order valence-electron chi connectivity index (χ3n) is 5.67. The summed E-state index contributed by atoms with van der Waals surface area (Å²) in [7, 11) is 0. The molecule has 2 N–H and O–H groups in total. The molecule has 1 amide bonds. The molecule has 0 unspecified atom stereocenters. The van der Waals surface area contributed by atoms with Gasteiger partial charge in [0.25, 0.3) is 12.3 Å². The number of amides is 1. The zero-order chi connectivity index (χ0) is 20.0. The van der Waals surface area contributed by atoms with Gasteiger partial charge >= 0.3 is 0 Å². The number of hydrogen-bond donors (Lipinski definition) is 2. The summed E-state index contributed by atoms with van der Waals surface area (Å²) in [6.07, 6.45) is 1.24. The summed E-state index contributed by atoms with van der Waals surface area (Å²) >= 11 is 0. The average molecular weight is 398 g/mol. The second-order valence-corrected chi connectivity index (χ2v) is 7.44. The van der Waals surface area contributed by atoms with E-state index in [1.165, 1.54) is 22.7 Å². The summed E-state index contributed by atoms with van der Waals surface area (Å²) in [5.74, 6) is 0.0801. The first-order valence-corrected chi connectivity index (χ1v) is 9.63. The van der Waals surface area contributed by atoms with Gasteiger partial charge in [-0.15, -0.1) is 5.10 Å². The molecule has 6 rings (SSSR count). The molecular formula is C20H20F2N6O. The number of piperazine rings is 1. The molecule has 2 aromatic heterocycles. The standard InChI is InChI=1S/C20H20F2N6O/c21-18(22)15-3-1-2-4-16(15)25-19(29)17-8-7-14-10-24-20(26-28(14)17)27-11-12-5-6-13(27)9-23-12/h1-4,7-8,10,12-13,18,23H,5-6,9,11H2,(H,25,29)/t12-,13-/m0/s1. The predicted octanol–water partition coefficient (Wildman–Crippen LogP) is 2.86. The number of nitrogens with one attached hydrogen (secondary N) is 2. The van der Waals surface area contributed by atoms with Crippen LogP contribution >= 0.6 is 0 Å². The molecule has 0 spiro atoms. The van der Waals surface area contributed by atoms with Crippen LogP contribution in [0.3, 0.4) is 0 Å². The van der Waals surface area contributed by atoms with Crippen molar-refractivity contribution in [3.8, 4) is 0 Å². The highest BCUT2D eigenvalue weighted by Gasteiger charge is 2.35. The Bertz CT molecular complexity index is 1060. The molecule has 3 aromatic rings. The number of carbonyl (C=O) groups is 1. The summed E-state index contributed by atoms with van der Waals surface area (Å²) in [5, 5.41) is 10.7. The molecule has 2 atom stereocenters. The number of alkyl halides is 2. The minimum Gasteiger partial charge on any atom is -0.334 e. The van der Waals surface area contributed by atoms with Gasteiger partial charge in [-0.25, -0.2) is 18.3 Å². The van der Waals surface area contributed by atoms with Gasteiger partial charge < -0.3 is 15.5 Å². The van der Waals surface area contributed by atoms with E-state index in [4.69, 9.17) is 0 Å². The number of hydrogen-bond acceptors (Lipinski definition) is 5. The number of para-hydroxylation sites is 1. The number of aromatic nitrogens is 3. The monoisotopic (exact) mass is 398 g/mol. The number of anilines is 2. The van der Waals surface area contributed by atoms with Crippen molar-refractivity contribution in [1.29, 1.82) is 0 Å². The van der Waals surface area contributed by atoms with Gasteiger partial charge in [0.15, 0.2) is 0 Å². The Morgan fingerprint density at radius 1 is 1.21 bits per heavy atom. The van der Waals surface area contributed by atoms with Gasteiger partial charge in [0.2, 0.25) is 5.95 Å². The Morgan fingerprint density at radius 3 is 2.79 bits per heavy atom. The van der Waals surface area contributed by atoms with Gasteiger partial charge in [-0.05, 0) is 31.0 Å². The fraction of sp³-hybridized carbons (Fsp3) is 0.350. The first kappa shape index (κ1) is 18.0. The lowest BCUT2D eigenvalue weighted by molar-refractivity contribution is 0.101. The lowest BCUT2D eigenvalue weighted by atomic mass is 9.93. The molecular weight excluding hydrogens is 378 g/mol. The second-order valence-electron chi connectivity index (χ2n) is 7.44. The fourth-order valence-corrected chi connectivity index (χ4v) is 4.14. The van der Waals surface area contributed by atoms with E-state index in [9.17, 15) is 13.6 Å². The van der Waals surface area contributed by atoms with E-state index < -0.39 is 12.3 Å². The maximum atomic E-state index is 13.2. The third kappa shape index (κ3) is 3.21. The van der Waals surface area contributed by atoms with Crippen molar-refractivity contribution in [2.24, 2.45) is 0 Å². The highest BCUT2D eigenvalue weighted by molar-refractivity contribution is 6.04. The highest BCUT2D eigenvalue weighted by atomic mass is 19.3. The predicted molar refractivity (Wildman–Crippen MR) is 104 cm³/mol. The SMILES string of the molecule is O=C(Nc1ccccc1C(F)F)c1ccc2cnc(N3C[C@@H]4CC[C@H]3CN4)nn12. The van der Waals surface area contributed by atoms with Crippen LogP contribution in [0.15, 0.2) is 42.6 Å². The molecule has 0 aliphatic carbocycles. The summed E-state index contributed by atoms with van der Waals surface area (Å²) < 4.78 is 28.0. The van der Waals surface area contributed by atoms with Crippen molar-refractivity contribution < 1.29 is 13.6 Å². The van der Waals surface area contributed by atoms with E-state index >= 15 is 0 Å². The minimum atomic E-state index is -2.67. The van der Waals surface area contributed by atoms with Crippen LogP contribution in [-0.2, 0) is 0 Å². The lowest BCUT2D eigenvalue weighted by Crippen LogP contribution is -2.61. The molecule has 29 heavy (non-hydrogen) atoms. The molecule has 0 radical (unpaired) electrons. The average Bonchev–Trinajstić information content (AvgIpc) is 3.18. The molecule has 150 valence electrons. The van der Waals surface area contributed by atoms with Crippen molar-refractivity contribution in [3.05, 3.63) is 53.9 Å². The van der Waals surface area contributed by atoms with Gasteiger partial charge in [-0.2, -0.15) is 0 Å². The maximum Gasteiger partial charge on any atom is 0.274 e. The number of halogens is 2. The van der Waals surface area contributed by atoms with Crippen LogP contribution in [0.1, 0.15) is 35.3 Å².